The second-order valence-corrected chi connectivity index (χ2v) is 6.98. The molecule has 0 bridgehead atoms. The molecule has 25 heavy (non-hydrogen) atoms. The van der Waals surface area contributed by atoms with Crippen molar-refractivity contribution < 1.29 is 4.79 Å². The molecule has 3 rings (SSSR count). The minimum atomic E-state index is 0.0978. The Kier molecular flexibility index (Phi) is 4.89. The lowest BCUT2D eigenvalue weighted by Gasteiger charge is -2.32. The Morgan fingerprint density at radius 2 is 1.36 bits per heavy atom. The lowest BCUT2D eigenvalue weighted by Crippen LogP contribution is -2.42. The topological polar surface area (TPSA) is 20.3 Å². The average Bonchev–Trinajstić information content (AvgIpc) is 2.60. The van der Waals surface area contributed by atoms with Crippen LogP contribution in [0.2, 0.25) is 0 Å². The maximum Gasteiger partial charge on any atom is 0.255 e. The van der Waals surface area contributed by atoms with E-state index in [4.69, 9.17) is 0 Å². The molecule has 3 aromatic rings. The van der Waals surface area contributed by atoms with Crippen LogP contribution in [0.4, 0.5) is 0 Å². The fourth-order valence-electron chi connectivity index (χ4n) is 3.55. The van der Waals surface area contributed by atoms with Gasteiger partial charge >= 0.3 is 0 Å². The van der Waals surface area contributed by atoms with Gasteiger partial charge in [-0.3, -0.25) is 4.79 Å². The summed E-state index contributed by atoms with van der Waals surface area (Å²) >= 11 is 0. The summed E-state index contributed by atoms with van der Waals surface area (Å²) in [4.78, 5) is 15.5. The van der Waals surface area contributed by atoms with Gasteiger partial charge in [0.05, 0.1) is 5.56 Å². The SMILES string of the molecule is CC(C)N(C(=O)c1c(-c2ccccc2)ccc2ccccc12)C(C)C. The van der Waals surface area contributed by atoms with Crippen molar-refractivity contribution in [3.63, 3.8) is 0 Å². The lowest BCUT2D eigenvalue weighted by atomic mass is 9.92. The molecule has 0 spiro atoms. The number of amides is 1. The molecule has 2 heteroatoms. The van der Waals surface area contributed by atoms with Crippen LogP contribution in [0.5, 0.6) is 0 Å². The first-order chi connectivity index (χ1) is 12.0. The molecule has 0 N–H and O–H groups in total. The van der Waals surface area contributed by atoms with Gasteiger partial charge in [0.25, 0.3) is 5.91 Å². The van der Waals surface area contributed by atoms with Crippen LogP contribution >= 0.6 is 0 Å². The molecule has 0 atom stereocenters. The first-order valence-electron chi connectivity index (χ1n) is 8.90. The number of rotatable bonds is 4. The summed E-state index contributed by atoms with van der Waals surface area (Å²) in [5.41, 5.74) is 2.87. The smallest absolute Gasteiger partial charge is 0.255 e. The van der Waals surface area contributed by atoms with Gasteiger partial charge in [0.2, 0.25) is 0 Å². The molecule has 128 valence electrons. The number of hydrogen-bond donors (Lipinski definition) is 0. The molecule has 0 fully saturated rings. The zero-order valence-electron chi connectivity index (χ0n) is 15.4. The third-order valence-electron chi connectivity index (χ3n) is 4.57. The van der Waals surface area contributed by atoms with E-state index < -0.39 is 0 Å². The maximum atomic E-state index is 13.6. The van der Waals surface area contributed by atoms with Crippen molar-refractivity contribution in [2.45, 2.75) is 39.8 Å². The third-order valence-corrected chi connectivity index (χ3v) is 4.57. The van der Waals surface area contributed by atoms with E-state index in [9.17, 15) is 4.79 Å². The fourth-order valence-corrected chi connectivity index (χ4v) is 3.55. The van der Waals surface area contributed by atoms with Crippen molar-refractivity contribution in [3.05, 3.63) is 72.3 Å². The molecule has 1 amide bonds. The van der Waals surface area contributed by atoms with Gasteiger partial charge in [-0.05, 0) is 49.6 Å². The fraction of sp³-hybridized carbons (Fsp3) is 0.261. The Balaban J connectivity index is 2.28. The van der Waals surface area contributed by atoms with Gasteiger partial charge in [0, 0.05) is 12.1 Å². The van der Waals surface area contributed by atoms with Crippen molar-refractivity contribution in [2.24, 2.45) is 0 Å². The molecule has 0 aliphatic carbocycles. The highest BCUT2D eigenvalue weighted by atomic mass is 16.2. The monoisotopic (exact) mass is 331 g/mol. The Hall–Kier alpha value is -2.61. The number of carbonyl (C=O) groups is 1. The molecule has 3 aromatic carbocycles. The van der Waals surface area contributed by atoms with Crippen molar-refractivity contribution in [2.75, 3.05) is 0 Å². The molecule has 2 nitrogen and oxygen atoms in total. The predicted octanol–water partition coefficient (Wildman–Crippen LogP) is 5.77. The Bertz CT molecular complexity index is 873. The minimum absolute atomic E-state index is 0.0978. The van der Waals surface area contributed by atoms with Gasteiger partial charge in [0.1, 0.15) is 0 Å². The van der Waals surface area contributed by atoms with Crippen molar-refractivity contribution in [3.8, 4) is 11.1 Å². The van der Waals surface area contributed by atoms with Gasteiger partial charge in [-0.2, -0.15) is 0 Å². The van der Waals surface area contributed by atoms with Crippen LogP contribution in [0.25, 0.3) is 21.9 Å². The molecule has 0 unspecified atom stereocenters. The molecule has 0 heterocycles. The van der Waals surface area contributed by atoms with Gasteiger partial charge in [-0.15, -0.1) is 0 Å². The number of nitrogens with zero attached hydrogens (tertiary/aromatic N) is 1. The summed E-state index contributed by atoms with van der Waals surface area (Å²) in [6.07, 6.45) is 0. The molecular weight excluding hydrogens is 306 g/mol. The summed E-state index contributed by atoms with van der Waals surface area (Å²) < 4.78 is 0. The van der Waals surface area contributed by atoms with Gasteiger partial charge in [-0.25, -0.2) is 0 Å². The second kappa shape index (κ2) is 7.10. The number of carbonyl (C=O) groups excluding carboxylic acids is 1. The second-order valence-electron chi connectivity index (χ2n) is 6.98. The zero-order valence-corrected chi connectivity index (χ0v) is 15.4. The van der Waals surface area contributed by atoms with E-state index in [0.717, 1.165) is 27.5 Å². The van der Waals surface area contributed by atoms with E-state index in [1.54, 1.807) is 0 Å². The van der Waals surface area contributed by atoms with E-state index in [-0.39, 0.29) is 18.0 Å². The molecule has 0 saturated carbocycles. The van der Waals surface area contributed by atoms with Crippen molar-refractivity contribution in [1.29, 1.82) is 0 Å². The number of hydrogen-bond acceptors (Lipinski definition) is 1. The van der Waals surface area contributed by atoms with Gasteiger partial charge < -0.3 is 4.90 Å². The number of benzene rings is 3. The largest absolute Gasteiger partial charge is 0.334 e. The van der Waals surface area contributed by atoms with Crippen LogP contribution in [0, 0.1) is 0 Å². The normalized spacial score (nSPS) is 11.3. The number of fused-ring (bicyclic) bond motifs is 1. The summed E-state index contributed by atoms with van der Waals surface area (Å²) in [5.74, 6) is 0.0978. The van der Waals surface area contributed by atoms with Crippen LogP contribution in [0.15, 0.2) is 66.7 Å². The molecule has 0 aliphatic heterocycles. The highest BCUT2D eigenvalue weighted by molar-refractivity contribution is 6.12. The Morgan fingerprint density at radius 1 is 0.760 bits per heavy atom. The predicted molar refractivity (Wildman–Crippen MR) is 106 cm³/mol. The van der Waals surface area contributed by atoms with Gasteiger partial charge in [0.15, 0.2) is 0 Å². The summed E-state index contributed by atoms with van der Waals surface area (Å²) in [6, 6.07) is 22.8. The lowest BCUT2D eigenvalue weighted by molar-refractivity contribution is 0.0646. The highest BCUT2D eigenvalue weighted by Gasteiger charge is 2.25. The first kappa shape index (κ1) is 17.2. The maximum absolute atomic E-state index is 13.6. The van der Waals surface area contributed by atoms with Crippen molar-refractivity contribution >= 4 is 16.7 Å². The van der Waals surface area contributed by atoms with Crippen LogP contribution in [-0.2, 0) is 0 Å². The summed E-state index contributed by atoms with van der Waals surface area (Å²) in [6.45, 7) is 8.30. The van der Waals surface area contributed by atoms with Crippen molar-refractivity contribution in [1.82, 2.24) is 4.90 Å². The minimum Gasteiger partial charge on any atom is -0.334 e. The third kappa shape index (κ3) is 3.30. The van der Waals surface area contributed by atoms with Crippen LogP contribution < -0.4 is 0 Å². The van der Waals surface area contributed by atoms with E-state index in [1.165, 1.54) is 0 Å². The average molecular weight is 331 g/mol. The van der Waals surface area contributed by atoms with Crippen LogP contribution in [0.3, 0.4) is 0 Å². The summed E-state index contributed by atoms with van der Waals surface area (Å²) in [5, 5.41) is 2.11. The van der Waals surface area contributed by atoms with Crippen LogP contribution in [0.1, 0.15) is 38.1 Å². The molecule has 0 aliphatic rings. The first-order valence-corrected chi connectivity index (χ1v) is 8.90. The van der Waals surface area contributed by atoms with E-state index >= 15 is 0 Å². The van der Waals surface area contributed by atoms with Crippen LogP contribution in [-0.4, -0.2) is 22.9 Å². The standard InChI is InChI=1S/C23H25NO/c1-16(2)24(17(3)4)23(25)22-20-13-9-8-12-19(20)14-15-21(22)18-10-6-5-7-11-18/h5-17H,1-4H3. The van der Waals surface area contributed by atoms with E-state index in [0.29, 0.717) is 0 Å². The molecule has 0 aromatic heterocycles. The Morgan fingerprint density at radius 3 is 2.00 bits per heavy atom. The highest BCUT2D eigenvalue weighted by Crippen LogP contribution is 2.32. The molecular formula is C23H25NO. The Labute approximate surface area is 150 Å². The van der Waals surface area contributed by atoms with Gasteiger partial charge in [-0.1, -0.05) is 66.7 Å². The quantitative estimate of drug-likeness (QED) is 0.594. The molecule has 0 radical (unpaired) electrons. The van der Waals surface area contributed by atoms with E-state index in [2.05, 4.69) is 58.0 Å². The van der Waals surface area contributed by atoms with E-state index in [1.807, 2.05) is 41.3 Å². The molecule has 0 saturated heterocycles. The summed E-state index contributed by atoms with van der Waals surface area (Å²) in [7, 11) is 0. The zero-order chi connectivity index (χ0) is 18.0.